The van der Waals surface area contributed by atoms with E-state index in [4.69, 9.17) is 4.74 Å². The summed E-state index contributed by atoms with van der Waals surface area (Å²) in [5.41, 5.74) is 1.02. The van der Waals surface area contributed by atoms with E-state index in [0.29, 0.717) is 18.1 Å². The molecule has 0 saturated heterocycles. The second-order valence-corrected chi connectivity index (χ2v) is 7.45. The molecule has 2 atom stereocenters. The molecule has 1 N–H and O–H groups in total. The monoisotopic (exact) mass is 343 g/mol. The van der Waals surface area contributed by atoms with Gasteiger partial charge in [0.05, 0.1) is 6.10 Å². The van der Waals surface area contributed by atoms with E-state index in [1.165, 1.54) is 12.1 Å². The predicted molar refractivity (Wildman–Crippen MR) is 84.5 cm³/mol. The number of hydrogen-bond acceptors (Lipinski definition) is 2. The van der Waals surface area contributed by atoms with E-state index in [-0.39, 0.29) is 11.2 Å². The van der Waals surface area contributed by atoms with Crippen molar-refractivity contribution in [1.29, 1.82) is 0 Å². The van der Waals surface area contributed by atoms with Crippen LogP contribution in [0.25, 0.3) is 0 Å². The lowest BCUT2D eigenvalue weighted by Gasteiger charge is -2.52. The fourth-order valence-electron chi connectivity index (χ4n) is 2.52. The van der Waals surface area contributed by atoms with Crippen molar-refractivity contribution in [2.75, 3.05) is 11.9 Å². The van der Waals surface area contributed by atoms with E-state index in [1.54, 1.807) is 6.07 Å². The molecule has 2 unspecified atom stereocenters. The summed E-state index contributed by atoms with van der Waals surface area (Å²) < 4.78 is 19.8. The second-order valence-electron chi connectivity index (χ2n) is 6.59. The smallest absolute Gasteiger partial charge is 0.124 e. The largest absolute Gasteiger partial charge is 0.381 e. The maximum atomic E-state index is 13.1. The Balaban J connectivity index is 1.95. The number of benzene rings is 1. The van der Waals surface area contributed by atoms with Gasteiger partial charge in [-0.2, -0.15) is 0 Å². The zero-order valence-electron chi connectivity index (χ0n) is 12.5. The normalized spacial score (nSPS) is 24.6. The van der Waals surface area contributed by atoms with Crippen molar-refractivity contribution in [3.05, 3.63) is 28.5 Å². The molecule has 20 heavy (non-hydrogen) atoms. The Bertz CT molecular complexity index is 476. The molecule has 0 aromatic heterocycles. The zero-order valence-corrected chi connectivity index (χ0v) is 14.1. The van der Waals surface area contributed by atoms with Crippen molar-refractivity contribution in [1.82, 2.24) is 0 Å². The molecule has 0 spiro atoms. The molecule has 2 rings (SSSR count). The minimum absolute atomic E-state index is 0.0860. The lowest BCUT2D eigenvalue weighted by atomic mass is 9.64. The minimum Gasteiger partial charge on any atom is -0.381 e. The summed E-state index contributed by atoms with van der Waals surface area (Å²) in [6, 6.07) is 5.09. The first-order valence-electron chi connectivity index (χ1n) is 7.14. The zero-order chi connectivity index (χ0) is 14.9. The first-order valence-corrected chi connectivity index (χ1v) is 7.93. The molecule has 0 aliphatic heterocycles. The van der Waals surface area contributed by atoms with Crippen LogP contribution >= 0.6 is 15.9 Å². The topological polar surface area (TPSA) is 21.3 Å². The standard InChI is InChI=1S/C16H23BrFNO/c1-10(2)9-20-15-8-14(16(15,3)4)19-13-6-5-11(18)7-12(13)17/h5-7,10,14-15,19H,8-9H2,1-4H3. The van der Waals surface area contributed by atoms with Crippen LogP contribution < -0.4 is 5.32 Å². The molecule has 1 saturated carbocycles. The van der Waals surface area contributed by atoms with Gasteiger partial charge in [0, 0.05) is 28.2 Å². The lowest BCUT2D eigenvalue weighted by molar-refractivity contribution is -0.108. The SMILES string of the molecule is CC(C)COC1CC(Nc2ccc(F)cc2Br)C1(C)C. The fraction of sp³-hybridized carbons (Fsp3) is 0.625. The Labute approximate surface area is 129 Å². The number of rotatable bonds is 5. The molecule has 1 aliphatic rings. The predicted octanol–water partition coefficient (Wildman–Crippen LogP) is 4.84. The molecule has 4 heteroatoms. The van der Waals surface area contributed by atoms with Crippen molar-refractivity contribution in [3.8, 4) is 0 Å². The van der Waals surface area contributed by atoms with Crippen LogP contribution in [0.3, 0.4) is 0 Å². The van der Waals surface area contributed by atoms with E-state index in [0.717, 1.165) is 23.2 Å². The molecule has 1 aromatic carbocycles. The van der Waals surface area contributed by atoms with Crippen LogP contribution in [-0.4, -0.2) is 18.8 Å². The van der Waals surface area contributed by atoms with Gasteiger partial charge < -0.3 is 10.1 Å². The van der Waals surface area contributed by atoms with Gasteiger partial charge in [0.15, 0.2) is 0 Å². The van der Waals surface area contributed by atoms with Crippen LogP contribution in [0.4, 0.5) is 10.1 Å². The third-order valence-corrected chi connectivity index (χ3v) is 4.73. The highest BCUT2D eigenvalue weighted by molar-refractivity contribution is 9.10. The Morgan fingerprint density at radius 1 is 1.45 bits per heavy atom. The van der Waals surface area contributed by atoms with E-state index in [9.17, 15) is 4.39 Å². The van der Waals surface area contributed by atoms with Gasteiger partial charge in [-0.05, 0) is 46.5 Å². The molecule has 0 radical (unpaired) electrons. The summed E-state index contributed by atoms with van der Waals surface area (Å²) >= 11 is 3.40. The van der Waals surface area contributed by atoms with Crippen LogP contribution in [0.5, 0.6) is 0 Å². The summed E-state index contributed by atoms with van der Waals surface area (Å²) in [5, 5.41) is 3.49. The quantitative estimate of drug-likeness (QED) is 0.825. The van der Waals surface area contributed by atoms with E-state index in [1.807, 2.05) is 0 Å². The maximum absolute atomic E-state index is 13.1. The molecule has 0 bridgehead atoms. The summed E-state index contributed by atoms with van der Waals surface area (Å²) in [4.78, 5) is 0. The van der Waals surface area contributed by atoms with Crippen molar-refractivity contribution in [2.24, 2.45) is 11.3 Å². The summed E-state index contributed by atoms with van der Waals surface area (Å²) in [5.74, 6) is 0.331. The highest BCUT2D eigenvalue weighted by Gasteiger charge is 2.49. The third kappa shape index (κ3) is 3.34. The molecular formula is C16H23BrFNO. The maximum Gasteiger partial charge on any atom is 0.124 e. The van der Waals surface area contributed by atoms with Gasteiger partial charge in [-0.25, -0.2) is 4.39 Å². The molecule has 0 amide bonds. The number of nitrogens with one attached hydrogen (secondary N) is 1. The Morgan fingerprint density at radius 3 is 2.70 bits per heavy atom. The van der Waals surface area contributed by atoms with Gasteiger partial charge in [-0.15, -0.1) is 0 Å². The summed E-state index contributed by atoms with van der Waals surface area (Å²) in [6.07, 6.45) is 1.28. The molecule has 1 aliphatic carbocycles. The van der Waals surface area contributed by atoms with Gasteiger partial charge in [-0.3, -0.25) is 0 Å². The number of halogens is 2. The van der Waals surface area contributed by atoms with Gasteiger partial charge >= 0.3 is 0 Å². The molecular weight excluding hydrogens is 321 g/mol. The Morgan fingerprint density at radius 2 is 2.15 bits per heavy atom. The van der Waals surface area contributed by atoms with Crippen LogP contribution in [0, 0.1) is 17.2 Å². The summed E-state index contributed by atoms with van der Waals surface area (Å²) in [7, 11) is 0. The number of ether oxygens (including phenoxy) is 1. The average Bonchev–Trinajstić information content (AvgIpc) is 2.34. The van der Waals surface area contributed by atoms with Gasteiger partial charge in [0.2, 0.25) is 0 Å². The van der Waals surface area contributed by atoms with Crippen molar-refractivity contribution >= 4 is 21.6 Å². The Kier molecular flexibility index (Phi) is 4.75. The number of hydrogen-bond donors (Lipinski definition) is 1. The van der Waals surface area contributed by atoms with Crippen LogP contribution in [0.1, 0.15) is 34.1 Å². The second kappa shape index (κ2) is 6.02. The van der Waals surface area contributed by atoms with Crippen LogP contribution in [0.15, 0.2) is 22.7 Å². The van der Waals surface area contributed by atoms with E-state index < -0.39 is 0 Å². The molecule has 2 nitrogen and oxygen atoms in total. The number of anilines is 1. The highest BCUT2D eigenvalue weighted by Crippen LogP contribution is 2.45. The third-order valence-electron chi connectivity index (χ3n) is 4.07. The summed E-state index contributed by atoms with van der Waals surface area (Å²) in [6.45, 7) is 9.57. The molecule has 1 aromatic rings. The van der Waals surface area contributed by atoms with Crippen LogP contribution in [-0.2, 0) is 4.74 Å². The average molecular weight is 344 g/mol. The van der Waals surface area contributed by atoms with E-state index >= 15 is 0 Å². The lowest BCUT2D eigenvalue weighted by Crippen LogP contribution is -2.58. The molecule has 0 heterocycles. The van der Waals surface area contributed by atoms with Gasteiger partial charge in [0.25, 0.3) is 0 Å². The molecule has 1 fully saturated rings. The van der Waals surface area contributed by atoms with Crippen molar-refractivity contribution < 1.29 is 9.13 Å². The van der Waals surface area contributed by atoms with Crippen molar-refractivity contribution in [2.45, 2.75) is 46.3 Å². The van der Waals surface area contributed by atoms with Crippen LogP contribution in [0.2, 0.25) is 0 Å². The van der Waals surface area contributed by atoms with E-state index in [2.05, 4.69) is 48.9 Å². The van der Waals surface area contributed by atoms with Gasteiger partial charge in [-0.1, -0.05) is 27.7 Å². The first-order chi connectivity index (χ1) is 9.30. The first kappa shape index (κ1) is 15.8. The fourth-order valence-corrected chi connectivity index (χ4v) is 2.98. The highest BCUT2D eigenvalue weighted by atomic mass is 79.9. The minimum atomic E-state index is -0.228. The molecule has 112 valence electrons. The van der Waals surface area contributed by atoms with Crippen molar-refractivity contribution in [3.63, 3.8) is 0 Å². The van der Waals surface area contributed by atoms with Gasteiger partial charge in [0.1, 0.15) is 5.82 Å². The Hall–Kier alpha value is -0.610.